The van der Waals surface area contributed by atoms with Crippen molar-refractivity contribution in [2.45, 2.75) is 13.0 Å². The van der Waals surface area contributed by atoms with Crippen LogP contribution in [-0.2, 0) is 0 Å². The van der Waals surface area contributed by atoms with Gasteiger partial charge in [0.15, 0.2) is 0 Å². The van der Waals surface area contributed by atoms with Crippen LogP contribution >= 0.6 is 23.2 Å². The number of rotatable bonds is 2. The molecule has 1 aromatic rings. The maximum absolute atomic E-state index is 5.86. The van der Waals surface area contributed by atoms with E-state index in [2.05, 4.69) is 12.2 Å². The van der Waals surface area contributed by atoms with Crippen LogP contribution in [0.1, 0.15) is 18.5 Å². The van der Waals surface area contributed by atoms with Crippen molar-refractivity contribution >= 4 is 23.2 Å². The fourth-order valence-electron chi connectivity index (χ4n) is 0.948. The SMILES string of the molecule is CN[C@@H](C)c1ccc(Cl)c(Cl)c1. The van der Waals surface area contributed by atoms with Crippen LogP contribution in [0.15, 0.2) is 18.2 Å². The summed E-state index contributed by atoms with van der Waals surface area (Å²) in [4.78, 5) is 0. The van der Waals surface area contributed by atoms with Crippen LogP contribution in [-0.4, -0.2) is 7.05 Å². The second-order valence-electron chi connectivity index (χ2n) is 2.68. The van der Waals surface area contributed by atoms with Gasteiger partial charge in [0.1, 0.15) is 0 Å². The molecular formula is C9H11Cl2N. The predicted molar refractivity (Wildman–Crippen MR) is 53.9 cm³/mol. The summed E-state index contributed by atoms with van der Waals surface area (Å²) in [6.07, 6.45) is 0. The van der Waals surface area contributed by atoms with Crippen molar-refractivity contribution in [3.63, 3.8) is 0 Å². The number of hydrogen-bond acceptors (Lipinski definition) is 1. The Morgan fingerprint density at radius 3 is 2.42 bits per heavy atom. The molecule has 0 bridgehead atoms. The van der Waals surface area contributed by atoms with Crippen LogP contribution < -0.4 is 5.32 Å². The lowest BCUT2D eigenvalue weighted by Crippen LogP contribution is -2.11. The van der Waals surface area contributed by atoms with Crippen molar-refractivity contribution in [2.75, 3.05) is 7.05 Å². The summed E-state index contributed by atoms with van der Waals surface area (Å²) in [6, 6.07) is 5.97. The summed E-state index contributed by atoms with van der Waals surface area (Å²) in [5.74, 6) is 0. The third-order valence-corrected chi connectivity index (χ3v) is 2.62. The fourth-order valence-corrected chi connectivity index (χ4v) is 1.25. The highest BCUT2D eigenvalue weighted by Crippen LogP contribution is 2.25. The fraction of sp³-hybridized carbons (Fsp3) is 0.333. The second kappa shape index (κ2) is 4.13. The lowest BCUT2D eigenvalue weighted by atomic mass is 10.1. The molecule has 1 rings (SSSR count). The molecule has 0 aromatic heterocycles. The summed E-state index contributed by atoms with van der Waals surface area (Å²) in [6.45, 7) is 2.07. The van der Waals surface area contributed by atoms with Crippen LogP contribution in [0, 0.1) is 0 Å². The van der Waals surface area contributed by atoms with Crippen LogP contribution in [0.4, 0.5) is 0 Å². The molecule has 0 aliphatic rings. The Morgan fingerprint density at radius 1 is 1.25 bits per heavy atom. The molecule has 3 heteroatoms. The van der Waals surface area contributed by atoms with Crippen molar-refractivity contribution in [3.8, 4) is 0 Å². The molecule has 0 radical (unpaired) electrons. The van der Waals surface area contributed by atoms with Gasteiger partial charge < -0.3 is 5.32 Å². The smallest absolute Gasteiger partial charge is 0.0595 e. The van der Waals surface area contributed by atoms with E-state index in [0.717, 1.165) is 5.56 Å². The van der Waals surface area contributed by atoms with E-state index in [-0.39, 0.29) is 0 Å². The minimum absolute atomic E-state index is 0.305. The predicted octanol–water partition coefficient (Wildman–Crippen LogP) is 3.27. The molecular weight excluding hydrogens is 193 g/mol. The van der Waals surface area contributed by atoms with Crippen LogP contribution in [0.5, 0.6) is 0 Å². The first kappa shape index (κ1) is 9.85. The van der Waals surface area contributed by atoms with Gasteiger partial charge in [0.2, 0.25) is 0 Å². The molecule has 12 heavy (non-hydrogen) atoms. The lowest BCUT2D eigenvalue weighted by molar-refractivity contribution is 0.652. The normalized spacial score (nSPS) is 13.0. The third kappa shape index (κ3) is 2.13. The van der Waals surface area contributed by atoms with Crippen molar-refractivity contribution in [3.05, 3.63) is 33.8 Å². The van der Waals surface area contributed by atoms with Gasteiger partial charge in [-0.2, -0.15) is 0 Å². The van der Waals surface area contributed by atoms with Crippen molar-refractivity contribution < 1.29 is 0 Å². The number of hydrogen-bond donors (Lipinski definition) is 1. The van der Waals surface area contributed by atoms with E-state index in [1.165, 1.54) is 0 Å². The minimum Gasteiger partial charge on any atom is -0.313 e. The first-order valence-electron chi connectivity index (χ1n) is 3.77. The molecule has 0 fully saturated rings. The van der Waals surface area contributed by atoms with Gasteiger partial charge >= 0.3 is 0 Å². The van der Waals surface area contributed by atoms with Crippen molar-refractivity contribution in [1.29, 1.82) is 0 Å². The molecule has 66 valence electrons. The first-order valence-corrected chi connectivity index (χ1v) is 4.53. The summed E-state index contributed by atoms with van der Waals surface area (Å²) in [7, 11) is 1.91. The maximum Gasteiger partial charge on any atom is 0.0595 e. The summed E-state index contributed by atoms with van der Waals surface area (Å²) >= 11 is 11.6. The average Bonchev–Trinajstić information content (AvgIpc) is 2.08. The van der Waals surface area contributed by atoms with Crippen LogP contribution in [0.25, 0.3) is 0 Å². The minimum atomic E-state index is 0.305. The summed E-state index contributed by atoms with van der Waals surface area (Å²) < 4.78 is 0. The molecule has 0 aliphatic carbocycles. The quantitative estimate of drug-likeness (QED) is 0.779. The van der Waals surface area contributed by atoms with Gasteiger partial charge in [0.25, 0.3) is 0 Å². The standard InChI is InChI=1S/C9H11Cl2N/c1-6(12-2)7-3-4-8(10)9(11)5-7/h3-6,12H,1-2H3/t6-/m0/s1. The molecule has 0 aliphatic heterocycles. The van der Waals surface area contributed by atoms with E-state index < -0.39 is 0 Å². The Bertz CT molecular complexity index is 273. The van der Waals surface area contributed by atoms with Crippen LogP contribution in [0.3, 0.4) is 0 Å². The van der Waals surface area contributed by atoms with E-state index >= 15 is 0 Å². The molecule has 0 heterocycles. The number of benzene rings is 1. The van der Waals surface area contributed by atoms with Gasteiger partial charge in [-0.15, -0.1) is 0 Å². The molecule has 0 saturated heterocycles. The zero-order chi connectivity index (χ0) is 9.14. The Kier molecular flexibility index (Phi) is 3.39. The monoisotopic (exact) mass is 203 g/mol. The molecule has 0 amide bonds. The number of nitrogens with one attached hydrogen (secondary N) is 1. The van der Waals surface area contributed by atoms with Crippen LogP contribution in [0.2, 0.25) is 10.0 Å². The molecule has 1 atom stereocenters. The maximum atomic E-state index is 5.86. The topological polar surface area (TPSA) is 12.0 Å². The average molecular weight is 204 g/mol. The molecule has 0 spiro atoms. The zero-order valence-corrected chi connectivity index (χ0v) is 8.58. The molecule has 1 N–H and O–H groups in total. The number of halogens is 2. The largest absolute Gasteiger partial charge is 0.313 e. The summed E-state index contributed by atoms with van der Waals surface area (Å²) in [5.41, 5.74) is 1.15. The lowest BCUT2D eigenvalue weighted by Gasteiger charge is -2.10. The van der Waals surface area contributed by atoms with Gasteiger partial charge in [0.05, 0.1) is 10.0 Å². The Hall–Kier alpha value is -0.240. The zero-order valence-electron chi connectivity index (χ0n) is 7.07. The van der Waals surface area contributed by atoms with E-state index in [1.54, 1.807) is 0 Å². The molecule has 0 unspecified atom stereocenters. The van der Waals surface area contributed by atoms with Gasteiger partial charge in [-0.3, -0.25) is 0 Å². The third-order valence-electron chi connectivity index (χ3n) is 1.88. The summed E-state index contributed by atoms with van der Waals surface area (Å²) in [5, 5.41) is 4.33. The molecule has 1 aromatic carbocycles. The van der Waals surface area contributed by atoms with Gasteiger partial charge in [-0.05, 0) is 31.7 Å². The van der Waals surface area contributed by atoms with E-state index in [9.17, 15) is 0 Å². The highest BCUT2D eigenvalue weighted by Gasteiger charge is 2.04. The van der Waals surface area contributed by atoms with Gasteiger partial charge in [-0.1, -0.05) is 29.3 Å². The van der Waals surface area contributed by atoms with E-state index in [4.69, 9.17) is 23.2 Å². The van der Waals surface area contributed by atoms with Crippen molar-refractivity contribution in [2.24, 2.45) is 0 Å². The Labute approximate surface area is 82.7 Å². The first-order chi connectivity index (χ1) is 5.65. The van der Waals surface area contributed by atoms with Gasteiger partial charge in [0, 0.05) is 6.04 Å². The van der Waals surface area contributed by atoms with E-state index in [1.807, 2.05) is 25.2 Å². The Morgan fingerprint density at radius 2 is 1.92 bits per heavy atom. The van der Waals surface area contributed by atoms with Gasteiger partial charge in [-0.25, -0.2) is 0 Å². The highest BCUT2D eigenvalue weighted by molar-refractivity contribution is 6.42. The van der Waals surface area contributed by atoms with E-state index in [0.29, 0.717) is 16.1 Å². The molecule has 1 nitrogen and oxygen atoms in total. The molecule has 0 saturated carbocycles. The van der Waals surface area contributed by atoms with Crippen molar-refractivity contribution in [1.82, 2.24) is 5.32 Å². The highest BCUT2D eigenvalue weighted by atomic mass is 35.5. The Balaban J connectivity index is 2.96. The second-order valence-corrected chi connectivity index (χ2v) is 3.50.